The minimum Gasteiger partial charge on any atom is -0.748 e. The molecule has 250 valence electrons. The van der Waals surface area contributed by atoms with Crippen molar-refractivity contribution in [1.29, 1.82) is 0 Å². The Morgan fingerprint density at radius 3 is 2.16 bits per heavy atom. The van der Waals surface area contributed by atoms with Crippen LogP contribution in [0, 0.1) is 46.3 Å². The molecule has 4 aliphatic carbocycles. The topological polar surface area (TPSA) is 162 Å². The highest BCUT2D eigenvalue weighted by molar-refractivity contribution is 7.85. The van der Waals surface area contributed by atoms with Crippen molar-refractivity contribution in [3.05, 3.63) is 0 Å². The van der Waals surface area contributed by atoms with E-state index in [1.807, 2.05) is 0 Å². The van der Waals surface area contributed by atoms with Crippen LogP contribution in [0.1, 0.15) is 99.3 Å². The van der Waals surface area contributed by atoms with Crippen molar-refractivity contribution in [3.63, 3.8) is 0 Å². The fourth-order valence-electron chi connectivity index (χ4n) is 9.99. The summed E-state index contributed by atoms with van der Waals surface area (Å²) in [4.78, 5) is 49.0. The van der Waals surface area contributed by atoms with E-state index in [2.05, 4.69) is 20.8 Å². The second kappa shape index (κ2) is 13.3. The monoisotopic (exact) mass is 641 g/mol. The van der Waals surface area contributed by atoms with Crippen molar-refractivity contribution >= 4 is 34.0 Å². The Balaban J connectivity index is 1.59. The standard InChI is InChI=1S/C32H50O11S/c1-18(7-10-29(36)40-13-14-44(37,38)39)24-8-9-25-30-26(17-28(32(24,25)6)43-21(4)35)31(5)12-11-23(41-19(2)33)15-22(31)16-27(30)42-20(3)34/h18,22-28,30H,7-17H2,1-6H3,(H,37,38,39)/p-1/t18-,22?,23?,24-,25+,26+,27?,28?,30+,31+,32-/m1/s1. The van der Waals surface area contributed by atoms with E-state index in [9.17, 15) is 32.1 Å². The lowest BCUT2D eigenvalue weighted by Crippen LogP contribution is -2.63. The van der Waals surface area contributed by atoms with Gasteiger partial charge in [-0.3, -0.25) is 19.2 Å². The Morgan fingerprint density at radius 1 is 0.886 bits per heavy atom. The van der Waals surface area contributed by atoms with Gasteiger partial charge in [-0.05, 0) is 86.4 Å². The molecule has 0 spiro atoms. The first-order valence-corrected chi connectivity index (χ1v) is 17.6. The molecule has 0 heterocycles. The molecule has 0 radical (unpaired) electrons. The van der Waals surface area contributed by atoms with E-state index in [0.29, 0.717) is 25.7 Å². The highest BCUT2D eigenvalue weighted by Crippen LogP contribution is 2.69. The lowest BCUT2D eigenvalue weighted by Gasteiger charge is -2.64. The van der Waals surface area contributed by atoms with Crippen LogP contribution in [0.3, 0.4) is 0 Å². The van der Waals surface area contributed by atoms with Crippen LogP contribution in [0.15, 0.2) is 0 Å². The molecule has 0 amide bonds. The Bertz CT molecular complexity index is 1220. The minimum atomic E-state index is -4.46. The molecular weight excluding hydrogens is 592 g/mol. The zero-order chi connectivity index (χ0) is 32.6. The lowest BCUT2D eigenvalue weighted by molar-refractivity contribution is -0.224. The summed E-state index contributed by atoms with van der Waals surface area (Å²) in [5, 5.41) is 0. The van der Waals surface area contributed by atoms with Gasteiger partial charge in [0, 0.05) is 38.5 Å². The Hall–Kier alpha value is -2.21. The molecule has 12 heteroatoms. The van der Waals surface area contributed by atoms with Gasteiger partial charge < -0.3 is 23.5 Å². The van der Waals surface area contributed by atoms with E-state index in [1.54, 1.807) is 0 Å². The Kier molecular flexibility index (Phi) is 10.4. The smallest absolute Gasteiger partial charge is 0.305 e. The van der Waals surface area contributed by atoms with E-state index in [-0.39, 0.29) is 83.6 Å². The predicted molar refractivity (Wildman–Crippen MR) is 157 cm³/mol. The van der Waals surface area contributed by atoms with Gasteiger partial charge in [0.2, 0.25) is 0 Å². The van der Waals surface area contributed by atoms with Gasteiger partial charge in [-0.25, -0.2) is 8.42 Å². The molecule has 11 atom stereocenters. The molecule has 44 heavy (non-hydrogen) atoms. The molecule has 0 saturated heterocycles. The molecule has 4 aliphatic rings. The van der Waals surface area contributed by atoms with Crippen LogP contribution in [0.5, 0.6) is 0 Å². The maximum atomic E-state index is 12.5. The van der Waals surface area contributed by atoms with Gasteiger partial charge >= 0.3 is 23.9 Å². The van der Waals surface area contributed by atoms with E-state index in [4.69, 9.17) is 18.9 Å². The van der Waals surface area contributed by atoms with Crippen molar-refractivity contribution in [1.82, 2.24) is 0 Å². The van der Waals surface area contributed by atoms with Crippen molar-refractivity contribution in [2.75, 3.05) is 12.4 Å². The molecule has 0 bridgehead atoms. The molecular formula is C32H49O11S-. The summed E-state index contributed by atoms with van der Waals surface area (Å²) in [5.41, 5.74) is -0.508. The molecule has 11 nitrogen and oxygen atoms in total. The molecule has 0 aromatic heterocycles. The molecule has 4 unspecified atom stereocenters. The number of hydrogen-bond acceptors (Lipinski definition) is 11. The fourth-order valence-corrected chi connectivity index (χ4v) is 10.3. The summed E-state index contributed by atoms with van der Waals surface area (Å²) in [5.74, 6) is -1.52. The van der Waals surface area contributed by atoms with Gasteiger partial charge in [-0.15, -0.1) is 0 Å². The summed E-state index contributed by atoms with van der Waals surface area (Å²) in [6.07, 6.45) is 5.23. The SMILES string of the molecule is CC(=O)OC1CC[C@@]2(C)C(C1)CC(OC(C)=O)[C@H]1[C@@H]3CC[C@H]([C@H](C)CCC(=O)OCCS(=O)(=O)[O-])[C@@]3(C)C(OC(C)=O)C[C@@H]12. The lowest BCUT2D eigenvalue weighted by atomic mass is 9.43. The predicted octanol–water partition coefficient (Wildman–Crippen LogP) is 4.16. The number of carbonyl (C=O) groups is 4. The van der Waals surface area contributed by atoms with Crippen LogP contribution in [-0.4, -0.2) is 67.5 Å². The molecule has 4 fully saturated rings. The van der Waals surface area contributed by atoms with Crippen LogP contribution in [0.25, 0.3) is 0 Å². The highest BCUT2D eigenvalue weighted by Gasteiger charge is 2.67. The van der Waals surface area contributed by atoms with Crippen LogP contribution in [0.2, 0.25) is 0 Å². The third kappa shape index (κ3) is 7.26. The number of fused-ring (bicyclic) bond motifs is 5. The molecule has 4 rings (SSSR count). The number of hydrogen-bond donors (Lipinski definition) is 0. The van der Waals surface area contributed by atoms with Crippen molar-refractivity contribution < 1.29 is 51.1 Å². The van der Waals surface area contributed by atoms with Gasteiger partial charge in [0.05, 0.1) is 15.9 Å². The first kappa shape index (κ1) is 34.7. The van der Waals surface area contributed by atoms with Gasteiger partial charge in [0.15, 0.2) is 0 Å². The second-order valence-electron chi connectivity index (χ2n) is 14.3. The normalized spacial score (nSPS) is 38.7. The van der Waals surface area contributed by atoms with Gasteiger partial charge in [0.1, 0.15) is 24.9 Å². The van der Waals surface area contributed by atoms with E-state index >= 15 is 0 Å². The first-order valence-electron chi connectivity index (χ1n) is 16.1. The molecule has 0 aliphatic heterocycles. The maximum Gasteiger partial charge on any atom is 0.305 e. The highest BCUT2D eigenvalue weighted by atomic mass is 32.2. The van der Waals surface area contributed by atoms with E-state index in [1.165, 1.54) is 20.8 Å². The van der Waals surface area contributed by atoms with Crippen molar-refractivity contribution in [2.45, 2.75) is 118 Å². The van der Waals surface area contributed by atoms with Crippen molar-refractivity contribution in [3.8, 4) is 0 Å². The number of esters is 4. The number of rotatable bonds is 10. The average molecular weight is 642 g/mol. The Labute approximate surface area is 261 Å². The zero-order valence-electron chi connectivity index (χ0n) is 26.9. The molecule has 0 aromatic carbocycles. The van der Waals surface area contributed by atoms with Gasteiger partial charge in [-0.2, -0.15) is 0 Å². The third-order valence-corrected chi connectivity index (χ3v) is 12.5. The fraction of sp³-hybridized carbons (Fsp3) is 0.875. The second-order valence-corrected chi connectivity index (χ2v) is 15.8. The largest absolute Gasteiger partial charge is 0.748 e. The van der Waals surface area contributed by atoms with Crippen LogP contribution in [0.4, 0.5) is 0 Å². The van der Waals surface area contributed by atoms with Gasteiger partial charge in [-0.1, -0.05) is 20.8 Å². The van der Waals surface area contributed by atoms with E-state index < -0.39 is 33.9 Å². The number of carbonyl (C=O) groups excluding carboxylic acids is 4. The van der Waals surface area contributed by atoms with Crippen LogP contribution >= 0.6 is 0 Å². The maximum absolute atomic E-state index is 12.5. The summed E-state index contributed by atoms with van der Waals surface area (Å²) in [7, 11) is -4.46. The van der Waals surface area contributed by atoms with E-state index in [0.717, 1.165) is 25.7 Å². The van der Waals surface area contributed by atoms with Crippen LogP contribution < -0.4 is 0 Å². The summed E-state index contributed by atoms with van der Waals surface area (Å²) < 4.78 is 55.4. The van der Waals surface area contributed by atoms with Crippen LogP contribution in [-0.2, 0) is 48.2 Å². The van der Waals surface area contributed by atoms with Gasteiger partial charge in [0.25, 0.3) is 0 Å². The molecule has 0 N–H and O–H groups in total. The summed E-state index contributed by atoms with van der Waals surface area (Å²) >= 11 is 0. The Morgan fingerprint density at radius 2 is 1.55 bits per heavy atom. The summed E-state index contributed by atoms with van der Waals surface area (Å²) in [6, 6.07) is 0. The molecule has 4 saturated carbocycles. The molecule has 0 aromatic rings. The summed E-state index contributed by atoms with van der Waals surface area (Å²) in [6.45, 7) is 10.5. The quantitative estimate of drug-likeness (QED) is 0.191. The third-order valence-electron chi connectivity index (χ3n) is 11.8. The average Bonchev–Trinajstić information content (AvgIpc) is 3.25. The minimum absolute atomic E-state index is 0.0636. The zero-order valence-corrected chi connectivity index (χ0v) is 27.7. The number of ether oxygens (including phenoxy) is 4. The first-order chi connectivity index (χ1) is 20.5. The van der Waals surface area contributed by atoms with Crippen molar-refractivity contribution in [2.24, 2.45) is 46.3 Å².